The van der Waals surface area contributed by atoms with E-state index in [-0.39, 0.29) is 23.7 Å². The molecule has 1 aliphatic rings. The Bertz CT molecular complexity index is 655. The van der Waals surface area contributed by atoms with E-state index >= 15 is 0 Å². The SMILES string of the molecule is CCC1CN(S(=O)(=O)c2ccc([N+](=O)[O-])cc2)CC(=O)O1. The highest BCUT2D eigenvalue weighted by atomic mass is 32.2. The molecule has 1 aromatic carbocycles. The normalized spacial score (nSPS) is 20.0. The van der Waals surface area contributed by atoms with E-state index in [1.807, 2.05) is 0 Å². The highest BCUT2D eigenvalue weighted by molar-refractivity contribution is 7.89. The molecule has 114 valence electrons. The number of carbonyl (C=O) groups excluding carboxylic acids is 1. The van der Waals surface area contributed by atoms with Gasteiger partial charge in [0, 0.05) is 12.1 Å². The molecule has 0 spiro atoms. The van der Waals surface area contributed by atoms with Crippen LogP contribution in [0.4, 0.5) is 5.69 Å². The predicted octanol–water partition coefficient (Wildman–Crippen LogP) is 0.921. The number of ether oxygens (including phenoxy) is 1. The molecule has 1 saturated heterocycles. The van der Waals surface area contributed by atoms with Crippen LogP contribution in [0.25, 0.3) is 0 Å². The topological polar surface area (TPSA) is 107 Å². The molecule has 1 aliphatic heterocycles. The number of nitro groups is 1. The first-order chi connectivity index (χ1) is 9.84. The molecular formula is C12H14N2O6S. The van der Waals surface area contributed by atoms with Crippen molar-refractivity contribution in [3.05, 3.63) is 34.4 Å². The third kappa shape index (κ3) is 3.19. The Labute approximate surface area is 121 Å². The minimum Gasteiger partial charge on any atom is -0.460 e. The van der Waals surface area contributed by atoms with Gasteiger partial charge in [-0.2, -0.15) is 4.31 Å². The standard InChI is InChI=1S/C12H14N2O6S/c1-2-10-7-13(8-12(15)20-10)21(18,19)11-5-3-9(4-6-11)14(16)17/h3-6,10H,2,7-8H2,1H3. The van der Waals surface area contributed by atoms with Crippen LogP contribution in [0.3, 0.4) is 0 Å². The number of esters is 1. The molecule has 1 unspecified atom stereocenters. The second-order valence-corrected chi connectivity index (χ2v) is 6.51. The van der Waals surface area contributed by atoms with Crippen LogP contribution in [0.5, 0.6) is 0 Å². The monoisotopic (exact) mass is 314 g/mol. The Morgan fingerprint density at radius 3 is 2.52 bits per heavy atom. The number of nitro benzene ring substituents is 1. The van der Waals surface area contributed by atoms with Crippen LogP contribution < -0.4 is 0 Å². The number of sulfonamides is 1. The lowest BCUT2D eigenvalue weighted by Crippen LogP contribution is -2.47. The number of non-ortho nitro benzene ring substituents is 1. The van der Waals surface area contributed by atoms with Crippen LogP contribution in [0.15, 0.2) is 29.2 Å². The van der Waals surface area contributed by atoms with Crippen molar-refractivity contribution in [2.45, 2.75) is 24.3 Å². The molecule has 0 radical (unpaired) electrons. The average molecular weight is 314 g/mol. The number of hydrogen-bond donors (Lipinski definition) is 0. The second-order valence-electron chi connectivity index (χ2n) is 4.57. The van der Waals surface area contributed by atoms with E-state index in [1.54, 1.807) is 6.92 Å². The number of nitrogens with zero attached hydrogens (tertiary/aromatic N) is 2. The zero-order chi connectivity index (χ0) is 15.6. The molecular weight excluding hydrogens is 300 g/mol. The van der Waals surface area contributed by atoms with Crippen molar-refractivity contribution in [2.24, 2.45) is 0 Å². The third-order valence-corrected chi connectivity index (χ3v) is 4.98. The van der Waals surface area contributed by atoms with Crippen molar-refractivity contribution in [3.63, 3.8) is 0 Å². The molecule has 8 nitrogen and oxygen atoms in total. The second kappa shape index (κ2) is 5.78. The molecule has 0 bridgehead atoms. The average Bonchev–Trinajstić information content (AvgIpc) is 2.46. The van der Waals surface area contributed by atoms with Gasteiger partial charge in [0.2, 0.25) is 10.0 Å². The Morgan fingerprint density at radius 2 is 2.00 bits per heavy atom. The number of cyclic esters (lactones) is 1. The Balaban J connectivity index is 2.28. The Hall–Kier alpha value is -2.00. The van der Waals surface area contributed by atoms with Gasteiger partial charge in [0.05, 0.1) is 16.4 Å². The number of carbonyl (C=O) groups is 1. The molecule has 0 aliphatic carbocycles. The maximum Gasteiger partial charge on any atom is 0.321 e. The van der Waals surface area contributed by atoms with Crippen molar-refractivity contribution in [2.75, 3.05) is 13.1 Å². The van der Waals surface area contributed by atoms with Gasteiger partial charge in [-0.05, 0) is 18.6 Å². The highest BCUT2D eigenvalue weighted by Gasteiger charge is 2.34. The molecule has 0 N–H and O–H groups in total. The molecule has 0 aromatic heterocycles. The molecule has 2 rings (SSSR count). The van der Waals surface area contributed by atoms with E-state index in [2.05, 4.69) is 0 Å². The first-order valence-corrected chi connectivity index (χ1v) is 7.72. The molecule has 9 heteroatoms. The number of rotatable bonds is 4. The van der Waals surface area contributed by atoms with Gasteiger partial charge in [-0.15, -0.1) is 0 Å². The zero-order valence-corrected chi connectivity index (χ0v) is 12.1. The van der Waals surface area contributed by atoms with Gasteiger partial charge in [0.1, 0.15) is 12.6 Å². The van der Waals surface area contributed by atoms with Gasteiger partial charge in [-0.3, -0.25) is 14.9 Å². The summed E-state index contributed by atoms with van der Waals surface area (Å²) in [6.45, 7) is 1.53. The van der Waals surface area contributed by atoms with Gasteiger partial charge in [-0.25, -0.2) is 8.42 Å². The van der Waals surface area contributed by atoms with Gasteiger partial charge in [0.15, 0.2) is 0 Å². The van der Waals surface area contributed by atoms with Crippen LogP contribution in [0, 0.1) is 10.1 Å². The maximum atomic E-state index is 12.4. The molecule has 0 saturated carbocycles. The first-order valence-electron chi connectivity index (χ1n) is 6.28. The maximum absolute atomic E-state index is 12.4. The molecule has 1 heterocycles. The van der Waals surface area contributed by atoms with Crippen LogP contribution in [0.2, 0.25) is 0 Å². The fourth-order valence-corrected chi connectivity index (χ4v) is 3.40. The quantitative estimate of drug-likeness (QED) is 0.464. The Morgan fingerprint density at radius 1 is 1.38 bits per heavy atom. The minimum atomic E-state index is -3.87. The van der Waals surface area contributed by atoms with Gasteiger partial charge in [-0.1, -0.05) is 6.92 Å². The fraction of sp³-hybridized carbons (Fsp3) is 0.417. The van der Waals surface area contributed by atoms with E-state index in [4.69, 9.17) is 4.74 Å². The van der Waals surface area contributed by atoms with E-state index in [0.29, 0.717) is 6.42 Å². The zero-order valence-electron chi connectivity index (χ0n) is 11.3. The summed E-state index contributed by atoms with van der Waals surface area (Å²) in [4.78, 5) is 21.3. The minimum absolute atomic E-state index is 0.0849. The summed E-state index contributed by atoms with van der Waals surface area (Å²) in [5.74, 6) is -0.599. The molecule has 0 amide bonds. The third-order valence-electron chi connectivity index (χ3n) is 3.15. The lowest BCUT2D eigenvalue weighted by Gasteiger charge is -2.30. The van der Waals surface area contributed by atoms with Gasteiger partial charge >= 0.3 is 5.97 Å². The van der Waals surface area contributed by atoms with Crippen molar-refractivity contribution in [1.29, 1.82) is 0 Å². The van der Waals surface area contributed by atoms with Crippen molar-refractivity contribution in [1.82, 2.24) is 4.31 Å². The fourth-order valence-electron chi connectivity index (χ4n) is 1.98. The van der Waals surface area contributed by atoms with Crippen molar-refractivity contribution < 1.29 is 22.9 Å². The van der Waals surface area contributed by atoms with Crippen LogP contribution in [-0.2, 0) is 19.6 Å². The highest BCUT2D eigenvalue weighted by Crippen LogP contribution is 2.22. The number of morpholine rings is 1. The summed E-state index contributed by atoms with van der Waals surface area (Å²) < 4.78 is 30.9. The summed E-state index contributed by atoms with van der Waals surface area (Å²) in [5.41, 5.74) is -0.196. The molecule has 21 heavy (non-hydrogen) atoms. The summed E-state index contributed by atoms with van der Waals surface area (Å²) in [6.07, 6.45) is 0.0388. The van der Waals surface area contributed by atoms with Crippen LogP contribution in [0.1, 0.15) is 13.3 Å². The van der Waals surface area contributed by atoms with E-state index < -0.39 is 27.0 Å². The summed E-state index contributed by atoms with van der Waals surface area (Å²) >= 11 is 0. The lowest BCUT2D eigenvalue weighted by atomic mass is 10.2. The smallest absolute Gasteiger partial charge is 0.321 e. The first kappa shape index (κ1) is 15.4. The molecule has 1 atom stereocenters. The van der Waals surface area contributed by atoms with Gasteiger partial charge < -0.3 is 4.74 Å². The van der Waals surface area contributed by atoms with Gasteiger partial charge in [0.25, 0.3) is 5.69 Å². The van der Waals surface area contributed by atoms with Crippen LogP contribution >= 0.6 is 0 Å². The van der Waals surface area contributed by atoms with E-state index in [9.17, 15) is 23.3 Å². The van der Waals surface area contributed by atoms with Crippen LogP contribution in [-0.4, -0.2) is 42.8 Å². The largest absolute Gasteiger partial charge is 0.460 e. The lowest BCUT2D eigenvalue weighted by molar-refractivity contribution is -0.384. The predicted molar refractivity (Wildman–Crippen MR) is 72.0 cm³/mol. The summed E-state index contributed by atoms with van der Waals surface area (Å²) in [5, 5.41) is 10.6. The van der Waals surface area contributed by atoms with Crippen molar-refractivity contribution >= 4 is 21.7 Å². The summed E-state index contributed by atoms with van der Waals surface area (Å²) in [7, 11) is -3.87. The summed E-state index contributed by atoms with van der Waals surface area (Å²) in [6, 6.07) is 4.56. The van der Waals surface area contributed by atoms with Crippen molar-refractivity contribution in [3.8, 4) is 0 Å². The van der Waals surface area contributed by atoms with E-state index in [0.717, 1.165) is 28.6 Å². The Kier molecular flexibility index (Phi) is 4.24. The number of benzene rings is 1. The number of hydrogen-bond acceptors (Lipinski definition) is 6. The van der Waals surface area contributed by atoms with E-state index in [1.165, 1.54) is 0 Å². The molecule has 1 aromatic rings. The molecule has 1 fully saturated rings.